The second-order valence-electron chi connectivity index (χ2n) is 4.21. The van der Waals surface area contributed by atoms with Crippen LogP contribution in [-0.4, -0.2) is 40.4 Å². The molecule has 0 aromatic carbocycles. The zero-order valence-corrected chi connectivity index (χ0v) is 11.7. The van der Waals surface area contributed by atoms with Crippen LogP contribution in [0.25, 0.3) is 0 Å². The molecule has 5 heteroatoms. The lowest BCUT2D eigenvalue weighted by Crippen LogP contribution is -2.21. The summed E-state index contributed by atoms with van der Waals surface area (Å²) in [7, 11) is 4.06. The van der Waals surface area contributed by atoms with Crippen molar-refractivity contribution in [3.05, 3.63) is 16.4 Å². The largest absolute Gasteiger partial charge is 0.387 e. The zero-order chi connectivity index (χ0) is 12.1. The van der Waals surface area contributed by atoms with Gasteiger partial charge in [0.2, 0.25) is 0 Å². The summed E-state index contributed by atoms with van der Waals surface area (Å²) in [5.74, 6) is 0. The Kier molecular flexibility index (Phi) is 5.44. The van der Waals surface area contributed by atoms with Crippen molar-refractivity contribution in [2.45, 2.75) is 32.4 Å². The average Bonchev–Trinajstić information content (AvgIpc) is 2.57. The molecule has 0 amide bonds. The molecular weight excluding hydrogens is 270 g/mol. The van der Waals surface area contributed by atoms with Crippen LogP contribution in [0.1, 0.15) is 31.6 Å². The Morgan fingerprint density at radius 3 is 2.81 bits per heavy atom. The van der Waals surface area contributed by atoms with Crippen LogP contribution < -0.4 is 0 Å². The Bertz CT molecular complexity index is 325. The maximum Gasteiger partial charge on any atom is 0.0968 e. The van der Waals surface area contributed by atoms with Crippen LogP contribution in [-0.2, 0) is 6.54 Å². The summed E-state index contributed by atoms with van der Waals surface area (Å²) in [6, 6.07) is 0. The van der Waals surface area contributed by atoms with Gasteiger partial charge in [0.25, 0.3) is 0 Å². The smallest absolute Gasteiger partial charge is 0.0968 e. The third-order valence-corrected chi connectivity index (χ3v) is 3.08. The number of aromatic nitrogens is 2. The van der Waals surface area contributed by atoms with Crippen molar-refractivity contribution in [2.75, 3.05) is 20.6 Å². The van der Waals surface area contributed by atoms with Crippen LogP contribution in [0.15, 0.2) is 10.7 Å². The quantitative estimate of drug-likeness (QED) is 0.871. The third kappa shape index (κ3) is 3.57. The van der Waals surface area contributed by atoms with Gasteiger partial charge in [-0.2, -0.15) is 5.10 Å². The van der Waals surface area contributed by atoms with Crippen LogP contribution in [0.3, 0.4) is 0 Å². The van der Waals surface area contributed by atoms with Gasteiger partial charge in [-0.25, -0.2) is 0 Å². The van der Waals surface area contributed by atoms with Crippen molar-refractivity contribution in [1.82, 2.24) is 14.7 Å². The van der Waals surface area contributed by atoms with E-state index >= 15 is 0 Å². The summed E-state index contributed by atoms with van der Waals surface area (Å²) in [6.07, 6.45) is 3.06. The second-order valence-corrected chi connectivity index (χ2v) is 5.06. The number of aliphatic hydroxyl groups excluding tert-OH is 1. The van der Waals surface area contributed by atoms with E-state index in [1.807, 2.05) is 18.8 Å². The molecule has 4 nitrogen and oxygen atoms in total. The minimum atomic E-state index is -0.427. The normalized spacial score (nSPS) is 13.4. The molecule has 1 atom stereocenters. The summed E-state index contributed by atoms with van der Waals surface area (Å²) in [5.41, 5.74) is 0.892. The first-order valence-electron chi connectivity index (χ1n) is 5.60. The number of likely N-dealkylation sites (N-methyl/N-ethyl adjacent to an activating group) is 1. The molecule has 1 unspecified atom stereocenters. The first kappa shape index (κ1) is 13.7. The minimum Gasteiger partial charge on any atom is -0.387 e. The molecule has 0 bridgehead atoms. The average molecular weight is 290 g/mol. The van der Waals surface area contributed by atoms with Crippen molar-refractivity contribution in [3.63, 3.8) is 0 Å². The van der Waals surface area contributed by atoms with Crippen LogP contribution >= 0.6 is 15.9 Å². The number of hydrogen-bond donors (Lipinski definition) is 1. The lowest BCUT2D eigenvalue weighted by Gasteiger charge is -2.15. The van der Waals surface area contributed by atoms with Gasteiger partial charge in [0.1, 0.15) is 0 Å². The van der Waals surface area contributed by atoms with Gasteiger partial charge in [-0.05, 0) is 36.4 Å². The summed E-state index contributed by atoms with van der Waals surface area (Å²) in [6.45, 7) is 3.78. The highest BCUT2D eigenvalue weighted by Gasteiger charge is 2.16. The summed E-state index contributed by atoms with van der Waals surface area (Å²) in [5, 5.41) is 14.3. The van der Waals surface area contributed by atoms with E-state index in [9.17, 15) is 5.11 Å². The molecule has 1 heterocycles. The highest BCUT2D eigenvalue weighted by atomic mass is 79.9. The van der Waals surface area contributed by atoms with Crippen molar-refractivity contribution in [2.24, 2.45) is 0 Å². The van der Waals surface area contributed by atoms with Crippen molar-refractivity contribution < 1.29 is 5.11 Å². The summed E-state index contributed by atoms with van der Waals surface area (Å²) >= 11 is 3.44. The van der Waals surface area contributed by atoms with Crippen LogP contribution in [0, 0.1) is 0 Å². The van der Waals surface area contributed by atoms with E-state index < -0.39 is 6.10 Å². The molecule has 16 heavy (non-hydrogen) atoms. The zero-order valence-electron chi connectivity index (χ0n) is 10.1. The van der Waals surface area contributed by atoms with Gasteiger partial charge in [0.15, 0.2) is 0 Å². The number of rotatable bonds is 6. The maximum absolute atomic E-state index is 10.0. The van der Waals surface area contributed by atoms with Gasteiger partial charge in [-0.1, -0.05) is 13.3 Å². The van der Waals surface area contributed by atoms with Gasteiger partial charge in [0, 0.05) is 6.54 Å². The predicted molar refractivity (Wildman–Crippen MR) is 68.3 cm³/mol. The molecule has 1 N–H and O–H groups in total. The number of halogens is 1. The highest BCUT2D eigenvalue weighted by Crippen LogP contribution is 2.26. The Labute approximate surface area is 105 Å². The molecule has 1 rings (SSSR count). The maximum atomic E-state index is 10.0. The molecule has 0 fully saturated rings. The summed E-state index contributed by atoms with van der Waals surface area (Å²) in [4.78, 5) is 2.10. The van der Waals surface area contributed by atoms with E-state index in [1.165, 1.54) is 0 Å². The fourth-order valence-electron chi connectivity index (χ4n) is 1.59. The van der Waals surface area contributed by atoms with E-state index in [0.717, 1.165) is 36.1 Å². The van der Waals surface area contributed by atoms with E-state index in [1.54, 1.807) is 6.20 Å². The van der Waals surface area contributed by atoms with Crippen molar-refractivity contribution in [3.8, 4) is 0 Å². The van der Waals surface area contributed by atoms with Gasteiger partial charge in [0.05, 0.1) is 29.0 Å². The minimum absolute atomic E-state index is 0.427. The van der Waals surface area contributed by atoms with E-state index in [2.05, 4.69) is 32.9 Å². The molecular formula is C11H20BrN3O. The fraction of sp³-hybridized carbons (Fsp3) is 0.727. The van der Waals surface area contributed by atoms with Crippen LogP contribution in [0.4, 0.5) is 0 Å². The van der Waals surface area contributed by atoms with Gasteiger partial charge in [-0.3, -0.25) is 4.68 Å². The van der Waals surface area contributed by atoms with E-state index in [-0.39, 0.29) is 0 Å². The molecule has 0 aliphatic heterocycles. The molecule has 92 valence electrons. The number of hydrogen-bond acceptors (Lipinski definition) is 3. The van der Waals surface area contributed by atoms with E-state index in [0.29, 0.717) is 0 Å². The Morgan fingerprint density at radius 1 is 1.56 bits per heavy atom. The van der Waals surface area contributed by atoms with Gasteiger partial charge in [-0.15, -0.1) is 0 Å². The number of aliphatic hydroxyl groups is 1. The van der Waals surface area contributed by atoms with Crippen molar-refractivity contribution in [1.29, 1.82) is 0 Å². The molecule has 0 aliphatic carbocycles. The molecule has 0 saturated heterocycles. The standard InChI is InChI=1S/C11H20BrN3O/c1-4-5-10(16)11-9(12)8-13-15(11)7-6-14(2)3/h8,10,16H,4-7H2,1-3H3. The number of nitrogens with zero attached hydrogens (tertiary/aromatic N) is 3. The molecule has 0 radical (unpaired) electrons. The SMILES string of the molecule is CCCC(O)c1c(Br)cnn1CCN(C)C. The Morgan fingerprint density at radius 2 is 2.25 bits per heavy atom. The summed E-state index contributed by atoms with van der Waals surface area (Å²) < 4.78 is 2.77. The van der Waals surface area contributed by atoms with Crippen molar-refractivity contribution >= 4 is 15.9 Å². The lowest BCUT2D eigenvalue weighted by atomic mass is 10.1. The monoisotopic (exact) mass is 289 g/mol. The molecule has 0 aliphatic rings. The van der Waals surface area contributed by atoms with Crippen LogP contribution in [0.2, 0.25) is 0 Å². The first-order valence-corrected chi connectivity index (χ1v) is 6.39. The predicted octanol–water partition coefficient (Wildman–Crippen LogP) is 2.04. The Hall–Kier alpha value is -0.390. The molecule has 1 aromatic rings. The van der Waals surface area contributed by atoms with E-state index in [4.69, 9.17) is 0 Å². The molecule has 1 aromatic heterocycles. The fourth-order valence-corrected chi connectivity index (χ4v) is 2.15. The topological polar surface area (TPSA) is 41.3 Å². The van der Waals surface area contributed by atoms with Crippen LogP contribution in [0.5, 0.6) is 0 Å². The molecule has 0 spiro atoms. The Balaban J connectivity index is 2.76. The first-order chi connectivity index (χ1) is 7.56. The van der Waals surface area contributed by atoms with Gasteiger partial charge >= 0.3 is 0 Å². The lowest BCUT2D eigenvalue weighted by molar-refractivity contribution is 0.153. The third-order valence-electron chi connectivity index (χ3n) is 2.47. The molecule has 0 saturated carbocycles. The highest BCUT2D eigenvalue weighted by molar-refractivity contribution is 9.10. The van der Waals surface area contributed by atoms with Gasteiger partial charge < -0.3 is 10.0 Å². The second kappa shape index (κ2) is 6.37.